The second-order valence-electron chi connectivity index (χ2n) is 3.27. The number of nitrogen functional groups attached to an aromatic ring is 1. The summed E-state index contributed by atoms with van der Waals surface area (Å²) in [6.07, 6.45) is 1.66. The average molecular weight is 279 g/mol. The molecule has 1 aromatic carbocycles. The topological polar surface area (TPSA) is 48.1 Å². The molecule has 0 aliphatic carbocycles. The summed E-state index contributed by atoms with van der Waals surface area (Å²) < 4.78 is 6.56. The molecule has 4 heteroatoms. The van der Waals surface area contributed by atoms with Crippen molar-refractivity contribution in [3.05, 3.63) is 52.6 Å². The van der Waals surface area contributed by atoms with Gasteiger partial charge >= 0.3 is 0 Å². The smallest absolute Gasteiger partial charge is 0.133 e. The molecule has 0 fully saturated rings. The summed E-state index contributed by atoms with van der Waals surface area (Å²) in [6, 6.07) is 11.4. The SMILES string of the molecule is Nc1ncccc1COc1ccccc1Br. The van der Waals surface area contributed by atoms with Crippen LogP contribution in [0.25, 0.3) is 0 Å². The second kappa shape index (κ2) is 4.99. The summed E-state index contributed by atoms with van der Waals surface area (Å²) in [6.45, 7) is 0.419. The molecule has 2 N–H and O–H groups in total. The number of nitrogens with two attached hydrogens (primary N) is 1. The molecule has 0 aliphatic rings. The normalized spacial score (nSPS) is 10.1. The molecule has 2 rings (SSSR count). The van der Waals surface area contributed by atoms with E-state index in [0.29, 0.717) is 12.4 Å². The van der Waals surface area contributed by atoms with Crippen molar-refractivity contribution in [1.29, 1.82) is 0 Å². The maximum absolute atomic E-state index is 5.72. The molecular weight excluding hydrogens is 268 g/mol. The van der Waals surface area contributed by atoms with E-state index >= 15 is 0 Å². The first kappa shape index (κ1) is 11.0. The van der Waals surface area contributed by atoms with Gasteiger partial charge in [0.2, 0.25) is 0 Å². The van der Waals surface area contributed by atoms with Crippen molar-refractivity contribution in [2.24, 2.45) is 0 Å². The zero-order valence-electron chi connectivity index (χ0n) is 8.56. The Morgan fingerprint density at radius 2 is 2.00 bits per heavy atom. The van der Waals surface area contributed by atoms with Crippen molar-refractivity contribution in [1.82, 2.24) is 4.98 Å². The highest BCUT2D eigenvalue weighted by atomic mass is 79.9. The number of halogens is 1. The van der Waals surface area contributed by atoms with Gasteiger partial charge < -0.3 is 10.5 Å². The van der Waals surface area contributed by atoms with Gasteiger partial charge in [-0.2, -0.15) is 0 Å². The number of aromatic nitrogens is 1. The summed E-state index contributed by atoms with van der Waals surface area (Å²) in [5.41, 5.74) is 6.61. The molecule has 0 aliphatic heterocycles. The van der Waals surface area contributed by atoms with Crippen LogP contribution in [0.4, 0.5) is 5.82 Å². The molecular formula is C12H11BrN2O. The van der Waals surface area contributed by atoms with E-state index in [1.54, 1.807) is 6.20 Å². The monoisotopic (exact) mass is 278 g/mol. The molecule has 2 aromatic rings. The molecule has 0 saturated carbocycles. The molecule has 1 aromatic heterocycles. The van der Waals surface area contributed by atoms with Gasteiger partial charge in [-0.05, 0) is 34.1 Å². The van der Waals surface area contributed by atoms with Gasteiger partial charge in [-0.3, -0.25) is 0 Å². The lowest BCUT2D eigenvalue weighted by Crippen LogP contribution is -2.01. The Hall–Kier alpha value is -1.55. The van der Waals surface area contributed by atoms with Crippen LogP contribution in [0.15, 0.2) is 47.1 Å². The first-order valence-electron chi connectivity index (χ1n) is 4.84. The van der Waals surface area contributed by atoms with Gasteiger partial charge in [0.1, 0.15) is 18.2 Å². The Labute approximate surface area is 102 Å². The summed E-state index contributed by atoms with van der Waals surface area (Å²) in [7, 11) is 0. The van der Waals surface area contributed by atoms with Gasteiger partial charge in [0.05, 0.1) is 4.47 Å². The first-order valence-corrected chi connectivity index (χ1v) is 5.63. The van der Waals surface area contributed by atoms with Crippen LogP contribution in [0.2, 0.25) is 0 Å². The first-order chi connectivity index (χ1) is 7.77. The predicted octanol–water partition coefficient (Wildman–Crippen LogP) is 3.01. The third-order valence-electron chi connectivity index (χ3n) is 2.15. The number of pyridine rings is 1. The fraction of sp³-hybridized carbons (Fsp3) is 0.0833. The number of para-hydroxylation sites is 1. The third kappa shape index (κ3) is 2.52. The average Bonchev–Trinajstić information content (AvgIpc) is 2.30. The van der Waals surface area contributed by atoms with E-state index in [1.807, 2.05) is 36.4 Å². The molecule has 0 atom stereocenters. The fourth-order valence-electron chi connectivity index (χ4n) is 1.29. The molecule has 16 heavy (non-hydrogen) atoms. The second-order valence-corrected chi connectivity index (χ2v) is 4.12. The van der Waals surface area contributed by atoms with Crippen LogP contribution < -0.4 is 10.5 Å². The van der Waals surface area contributed by atoms with Gasteiger partial charge in [-0.15, -0.1) is 0 Å². The number of rotatable bonds is 3. The number of nitrogens with zero attached hydrogens (tertiary/aromatic N) is 1. The van der Waals surface area contributed by atoms with Crippen LogP contribution >= 0.6 is 15.9 Å². The predicted molar refractivity (Wildman–Crippen MR) is 67.1 cm³/mol. The third-order valence-corrected chi connectivity index (χ3v) is 2.80. The standard InChI is InChI=1S/C12H11BrN2O/c13-10-5-1-2-6-11(10)16-8-9-4-3-7-15-12(9)14/h1-7H,8H2,(H2,14,15). The van der Waals surface area contributed by atoms with Gasteiger partial charge in [0.15, 0.2) is 0 Å². The molecule has 0 radical (unpaired) electrons. The Morgan fingerprint density at radius 3 is 2.75 bits per heavy atom. The van der Waals surface area contributed by atoms with Crippen molar-refractivity contribution in [2.75, 3.05) is 5.73 Å². The van der Waals surface area contributed by atoms with Gasteiger partial charge in [-0.1, -0.05) is 18.2 Å². The lowest BCUT2D eigenvalue weighted by molar-refractivity contribution is 0.304. The molecule has 1 heterocycles. The van der Waals surface area contributed by atoms with E-state index in [1.165, 1.54) is 0 Å². The quantitative estimate of drug-likeness (QED) is 0.939. The maximum atomic E-state index is 5.72. The van der Waals surface area contributed by atoms with E-state index in [0.717, 1.165) is 15.8 Å². The number of hydrogen-bond donors (Lipinski definition) is 1. The van der Waals surface area contributed by atoms with Crippen LogP contribution in [0, 0.1) is 0 Å². The summed E-state index contributed by atoms with van der Waals surface area (Å²) in [5.74, 6) is 1.31. The minimum absolute atomic E-state index is 0.419. The Bertz CT molecular complexity index is 442. The van der Waals surface area contributed by atoms with Crippen molar-refractivity contribution in [2.45, 2.75) is 6.61 Å². The van der Waals surface area contributed by atoms with Crippen LogP contribution in [0.1, 0.15) is 5.56 Å². The zero-order chi connectivity index (χ0) is 11.4. The largest absolute Gasteiger partial charge is 0.488 e. The van der Waals surface area contributed by atoms with E-state index in [2.05, 4.69) is 20.9 Å². The van der Waals surface area contributed by atoms with Crippen LogP contribution in [0.5, 0.6) is 5.75 Å². The van der Waals surface area contributed by atoms with Gasteiger partial charge in [0, 0.05) is 11.8 Å². The van der Waals surface area contributed by atoms with E-state index < -0.39 is 0 Å². The number of hydrogen-bond acceptors (Lipinski definition) is 3. The lowest BCUT2D eigenvalue weighted by atomic mass is 10.3. The lowest BCUT2D eigenvalue weighted by Gasteiger charge is -2.08. The van der Waals surface area contributed by atoms with Crippen LogP contribution in [-0.4, -0.2) is 4.98 Å². The number of anilines is 1. The van der Waals surface area contributed by atoms with E-state index in [9.17, 15) is 0 Å². The summed E-state index contributed by atoms with van der Waals surface area (Å²) >= 11 is 3.42. The highest BCUT2D eigenvalue weighted by Crippen LogP contribution is 2.25. The maximum Gasteiger partial charge on any atom is 0.133 e. The highest BCUT2D eigenvalue weighted by molar-refractivity contribution is 9.10. The Kier molecular flexibility index (Phi) is 3.41. The highest BCUT2D eigenvalue weighted by Gasteiger charge is 2.02. The van der Waals surface area contributed by atoms with Crippen molar-refractivity contribution < 1.29 is 4.74 Å². The molecule has 0 spiro atoms. The van der Waals surface area contributed by atoms with E-state index in [-0.39, 0.29) is 0 Å². The Balaban J connectivity index is 2.09. The zero-order valence-corrected chi connectivity index (χ0v) is 10.1. The molecule has 0 unspecified atom stereocenters. The van der Waals surface area contributed by atoms with Gasteiger partial charge in [0.25, 0.3) is 0 Å². The molecule has 0 amide bonds. The molecule has 3 nitrogen and oxygen atoms in total. The number of benzene rings is 1. The van der Waals surface area contributed by atoms with Gasteiger partial charge in [-0.25, -0.2) is 4.98 Å². The summed E-state index contributed by atoms with van der Waals surface area (Å²) in [4.78, 5) is 4.00. The van der Waals surface area contributed by atoms with E-state index in [4.69, 9.17) is 10.5 Å². The Morgan fingerprint density at radius 1 is 1.19 bits per heavy atom. The molecule has 0 saturated heterocycles. The van der Waals surface area contributed by atoms with Crippen LogP contribution in [-0.2, 0) is 6.61 Å². The van der Waals surface area contributed by atoms with Crippen molar-refractivity contribution >= 4 is 21.7 Å². The number of ether oxygens (including phenoxy) is 1. The fourth-order valence-corrected chi connectivity index (χ4v) is 1.69. The van der Waals surface area contributed by atoms with Crippen molar-refractivity contribution in [3.8, 4) is 5.75 Å². The summed E-state index contributed by atoms with van der Waals surface area (Å²) in [5, 5.41) is 0. The van der Waals surface area contributed by atoms with Crippen LogP contribution in [0.3, 0.4) is 0 Å². The minimum Gasteiger partial charge on any atom is -0.488 e. The minimum atomic E-state index is 0.419. The van der Waals surface area contributed by atoms with Crippen molar-refractivity contribution in [3.63, 3.8) is 0 Å². The molecule has 82 valence electrons. The molecule has 0 bridgehead atoms.